The first kappa shape index (κ1) is 18.6. The van der Waals surface area contributed by atoms with Crippen molar-refractivity contribution in [3.63, 3.8) is 0 Å². The monoisotopic (exact) mass is 366 g/mol. The summed E-state index contributed by atoms with van der Waals surface area (Å²) in [6, 6.07) is 13.7. The molecule has 0 aliphatic carbocycles. The molecule has 0 atom stereocenters. The van der Waals surface area contributed by atoms with E-state index >= 15 is 0 Å². The van der Waals surface area contributed by atoms with Crippen molar-refractivity contribution >= 4 is 17.8 Å². The highest BCUT2D eigenvalue weighted by atomic mass is 16.4. The van der Waals surface area contributed by atoms with Gasteiger partial charge in [0.05, 0.1) is 5.56 Å². The lowest BCUT2D eigenvalue weighted by atomic mass is 10.0. The second kappa shape index (κ2) is 8.03. The molecule has 1 saturated heterocycles. The summed E-state index contributed by atoms with van der Waals surface area (Å²) in [4.78, 5) is 37.9. The average molecular weight is 366 g/mol. The Morgan fingerprint density at radius 3 is 2.22 bits per heavy atom. The zero-order valence-corrected chi connectivity index (χ0v) is 15.1. The second-order valence-corrected chi connectivity index (χ2v) is 6.80. The summed E-state index contributed by atoms with van der Waals surface area (Å²) in [6.07, 6.45) is 1.34. The van der Waals surface area contributed by atoms with Gasteiger partial charge in [0, 0.05) is 30.3 Å². The first-order valence-corrected chi connectivity index (χ1v) is 8.94. The third kappa shape index (κ3) is 4.53. The van der Waals surface area contributed by atoms with Gasteiger partial charge in [-0.25, -0.2) is 4.79 Å². The lowest BCUT2D eigenvalue weighted by Gasteiger charge is -2.32. The van der Waals surface area contributed by atoms with E-state index in [9.17, 15) is 19.5 Å². The number of carbonyl (C=O) groups excluding carboxylic acids is 2. The van der Waals surface area contributed by atoms with Crippen LogP contribution in [0.4, 0.5) is 0 Å². The molecule has 0 bridgehead atoms. The van der Waals surface area contributed by atoms with Crippen LogP contribution in [-0.4, -0.2) is 46.9 Å². The minimum atomic E-state index is -1.05. The minimum Gasteiger partial charge on any atom is -0.478 e. The number of carbonyl (C=O) groups is 3. The Kier molecular flexibility index (Phi) is 5.54. The Morgan fingerprint density at radius 1 is 0.963 bits per heavy atom. The molecule has 3 rings (SSSR count). The van der Waals surface area contributed by atoms with Gasteiger partial charge in [-0.3, -0.25) is 9.59 Å². The molecule has 1 heterocycles. The number of aryl methyl sites for hydroxylation is 1. The van der Waals surface area contributed by atoms with Gasteiger partial charge in [-0.2, -0.15) is 0 Å². The standard InChI is InChI=1S/C21H22N2O4/c1-14-11-16(13-17(12-14)21(26)27)20(25)23-9-7-18(8-10-23)22-19(24)15-5-3-2-4-6-15/h2-6,11-13,18H,7-10H2,1H3,(H,22,24)(H,26,27). The highest BCUT2D eigenvalue weighted by Gasteiger charge is 2.25. The van der Waals surface area contributed by atoms with E-state index in [4.69, 9.17) is 0 Å². The van der Waals surface area contributed by atoms with Crippen molar-refractivity contribution in [2.45, 2.75) is 25.8 Å². The second-order valence-electron chi connectivity index (χ2n) is 6.80. The maximum Gasteiger partial charge on any atom is 0.335 e. The van der Waals surface area contributed by atoms with Crippen LogP contribution in [0.2, 0.25) is 0 Å². The van der Waals surface area contributed by atoms with E-state index in [0.717, 1.165) is 5.56 Å². The summed E-state index contributed by atoms with van der Waals surface area (Å²) in [5, 5.41) is 12.2. The van der Waals surface area contributed by atoms with Crippen molar-refractivity contribution in [3.8, 4) is 0 Å². The number of likely N-dealkylation sites (tertiary alicyclic amines) is 1. The summed E-state index contributed by atoms with van der Waals surface area (Å²) in [7, 11) is 0. The lowest BCUT2D eigenvalue weighted by Crippen LogP contribution is -2.46. The zero-order chi connectivity index (χ0) is 19.4. The van der Waals surface area contributed by atoms with Gasteiger partial charge in [-0.05, 0) is 55.7 Å². The predicted octanol–water partition coefficient (Wildman–Crippen LogP) is 2.73. The van der Waals surface area contributed by atoms with E-state index in [2.05, 4.69) is 5.32 Å². The van der Waals surface area contributed by atoms with Crippen molar-refractivity contribution in [1.82, 2.24) is 10.2 Å². The molecule has 140 valence electrons. The normalized spacial score (nSPS) is 14.6. The van der Waals surface area contributed by atoms with Gasteiger partial charge < -0.3 is 15.3 Å². The number of nitrogens with one attached hydrogen (secondary N) is 1. The maximum atomic E-state index is 12.7. The van der Waals surface area contributed by atoms with Gasteiger partial charge in [0.2, 0.25) is 0 Å². The predicted molar refractivity (Wildman–Crippen MR) is 101 cm³/mol. The van der Waals surface area contributed by atoms with Gasteiger partial charge in [0.15, 0.2) is 0 Å². The van der Waals surface area contributed by atoms with Crippen LogP contribution in [0, 0.1) is 6.92 Å². The molecule has 2 aromatic carbocycles. The molecule has 0 aromatic heterocycles. The number of benzene rings is 2. The van der Waals surface area contributed by atoms with Crippen LogP contribution in [0.1, 0.15) is 49.5 Å². The minimum absolute atomic E-state index is 0.0221. The Bertz CT molecular complexity index is 856. The molecule has 6 heteroatoms. The molecular weight excluding hydrogens is 344 g/mol. The van der Waals surface area contributed by atoms with E-state index < -0.39 is 5.97 Å². The number of hydrogen-bond donors (Lipinski definition) is 2. The van der Waals surface area contributed by atoms with Gasteiger partial charge in [-0.15, -0.1) is 0 Å². The Balaban J connectivity index is 1.60. The SMILES string of the molecule is Cc1cc(C(=O)O)cc(C(=O)N2CCC(NC(=O)c3ccccc3)CC2)c1. The number of carboxylic acids is 1. The summed E-state index contributed by atoms with van der Waals surface area (Å²) in [6.45, 7) is 2.82. The van der Waals surface area contributed by atoms with Crippen molar-refractivity contribution < 1.29 is 19.5 Å². The lowest BCUT2D eigenvalue weighted by molar-refractivity contribution is 0.0695. The number of carboxylic acid groups (broad SMARTS) is 1. The molecule has 1 aliphatic rings. The highest BCUT2D eigenvalue weighted by molar-refractivity contribution is 5.98. The molecule has 0 unspecified atom stereocenters. The van der Waals surface area contributed by atoms with E-state index in [1.54, 1.807) is 36.1 Å². The molecule has 6 nitrogen and oxygen atoms in total. The quantitative estimate of drug-likeness (QED) is 0.871. The number of rotatable bonds is 4. The molecular formula is C21H22N2O4. The third-order valence-electron chi connectivity index (χ3n) is 4.72. The van der Waals surface area contributed by atoms with E-state index in [0.29, 0.717) is 37.1 Å². The van der Waals surface area contributed by atoms with E-state index in [-0.39, 0.29) is 23.4 Å². The summed E-state index contributed by atoms with van der Waals surface area (Å²) in [5.74, 6) is -1.32. The van der Waals surface area contributed by atoms with E-state index in [1.807, 2.05) is 18.2 Å². The average Bonchev–Trinajstić information content (AvgIpc) is 2.68. The van der Waals surface area contributed by atoms with Crippen LogP contribution in [0.25, 0.3) is 0 Å². The Morgan fingerprint density at radius 2 is 1.59 bits per heavy atom. The molecule has 27 heavy (non-hydrogen) atoms. The number of nitrogens with zero attached hydrogens (tertiary/aromatic N) is 1. The highest BCUT2D eigenvalue weighted by Crippen LogP contribution is 2.17. The third-order valence-corrected chi connectivity index (χ3v) is 4.72. The Hall–Kier alpha value is -3.15. The van der Waals surface area contributed by atoms with Crippen molar-refractivity contribution in [1.29, 1.82) is 0 Å². The maximum absolute atomic E-state index is 12.7. The van der Waals surface area contributed by atoms with Crippen LogP contribution in [0.5, 0.6) is 0 Å². The van der Waals surface area contributed by atoms with Crippen LogP contribution in [-0.2, 0) is 0 Å². The number of amides is 2. The molecule has 0 radical (unpaired) electrons. The van der Waals surface area contributed by atoms with Gasteiger partial charge in [0.1, 0.15) is 0 Å². The smallest absolute Gasteiger partial charge is 0.335 e. The van der Waals surface area contributed by atoms with E-state index in [1.165, 1.54) is 6.07 Å². The molecule has 0 spiro atoms. The number of hydrogen-bond acceptors (Lipinski definition) is 3. The topological polar surface area (TPSA) is 86.7 Å². The van der Waals surface area contributed by atoms with Gasteiger partial charge >= 0.3 is 5.97 Å². The fourth-order valence-electron chi connectivity index (χ4n) is 3.30. The molecule has 2 aromatic rings. The van der Waals surface area contributed by atoms with Crippen LogP contribution in [0.3, 0.4) is 0 Å². The number of piperidine rings is 1. The fraction of sp³-hybridized carbons (Fsp3) is 0.286. The fourth-order valence-corrected chi connectivity index (χ4v) is 3.30. The molecule has 1 aliphatic heterocycles. The van der Waals surface area contributed by atoms with Crippen molar-refractivity contribution in [2.24, 2.45) is 0 Å². The van der Waals surface area contributed by atoms with Crippen LogP contribution >= 0.6 is 0 Å². The van der Waals surface area contributed by atoms with Crippen LogP contribution < -0.4 is 5.32 Å². The first-order valence-electron chi connectivity index (χ1n) is 8.94. The summed E-state index contributed by atoms with van der Waals surface area (Å²) >= 11 is 0. The van der Waals surface area contributed by atoms with Crippen molar-refractivity contribution in [2.75, 3.05) is 13.1 Å². The molecule has 2 amide bonds. The summed E-state index contributed by atoms with van der Waals surface area (Å²) < 4.78 is 0. The van der Waals surface area contributed by atoms with Crippen molar-refractivity contribution in [3.05, 3.63) is 70.8 Å². The molecule has 0 saturated carbocycles. The molecule has 2 N–H and O–H groups in total. The first-order chi connectivity index (χ1) is 12.9. The van der Waals surface area contributed by atoms with Gasteiger partial charge in [-0.1, -0.05) is 18.2 Å². The van der Waals surface area contributed by atoms with Gasteiger partial charge in [0.25, 0.3) is 11.8 Å². The Labute approximate surface area is 157 Å². The van der Waals surface area contributed by atoms with Crippen LogP contribution in [0.15, 0.2) is 48.5 Å². The summed E-state index contributed by atoms with van der Waals surface area (Å²) in [5.41, 5.74) is 1.86. The molecule has 1 fully saturated rings. The zero-order valence-electron chi connectivity index (χ0n) is 15.1. The largest absolute Gasteiger partial charge is 0.478 e. The number of aromatic carboxylic acids is 1.